The van der Waals surface area contributed by atoms with Gasteiger partial charge in [-0.2, -0.15) is 0 Å². The fraction of sp³-hybridized carbons (Fsp3) is 1.00. The summed E-state index contributed by atoms with van der Waals surface area (Å²) in [6, 6.07) is 0. The molecule has 7 N–H and O–H groups in total. The molecule has 78 valence electrons. The van der Waals surface area contributed by atoms with Gasteiger partial charge in [0.1, 0.15) is 18.3 Å². The van der Waals surface area contributed by atoms with Crippen LogP contribution in [0.1, 0.15) is 0 Å². The normalized spacial score (nSPS) is 52.2. The lowest BCUT2D eigenvalue weighted by atomic mass is 9.94. The molecule has 0 amide bonds. The molecule has 13 heavy (non-hydrogen) atoms. The molecule has 0 saturated carbocycles. The van der Waals surface area contributed by atoms with Crippen LogP contribution < -0.4 is 5.73 Å². The number of hydrogen-bond donors (Lipinski definition) is 6. The van der Waals surface area contributed by atoms with Crippen LogP contribution in [0.5, 0.6) is 0 Å². The molecule has 0 unspecified atom stereocenters. The number of ether oxygens (including phenoxy) is 1. The molecule has 0 aromatic carbocycles. The molecule has 7 heteroatoms. The first-order valence-corrected chi connectivity index (χ1v) is 3.73. The molecule has 1 rings (SSSR count). The Hall–Kier alpha value is -0.280. The molecule has 0 aliphatic carbocycles. The summed E-state index contributed by atoms with van der Waals surface area (Å²) in [6.07, 6.45) is -6.31. The largest absolute Gasteiger partial charge is 0.394 e. The van der Waals surface area contributed by atoms with E-state index in [4.69, 9.17) is 15.9 Å². The Morgan fingerprint density at radius 3 is 2.31 bits per heavy atom. The molecule has 1 heterocycles. The van der Waals surface area contributed by atoms with Crippen LogP contribution in [0, 0.1) is 0 Å². The Bertz CT molecular complexity index is 186. The SMILES string of the molecule is N[C@@]1(O)[C@@H](O)O[C@H](CO)[C@H](O)[C@@H]1O. The van der Waals surface area contributed by atoms with Crippen molar-refractivity contribution < 1.29 is 30.3 Å². The number of rotatable bonds is 1. The fourth-order valence-electron chi connectivity index (χ4n) is 1.13. The van der Waals surface area contributed by atoms with Gasteiger partial charge in [0, 0.05) is 0 Å². The van der Waals surface area contributed by atoms with Gasteiger partial charge in [0.25, 0.3) is 0 Å². The average Bonchev–Trinajstić information content (AvgIpc) is 2.09. The molecule has 1 fully saturated rings. The zero-order valence-electron chi connectivity index (χ0n) is 6.74. The van der Waals surface area contributed by atoms with E-state index in [1.807, 2.05) is 0 Å². The molecule has 1 saturated heterocycles. The molecule has 0 spiro atoms. The smallest absolute Gasteiger partial charge is 0.200 e. The van der Waals surface area contributed by atoms with E-state index in [9.17, 15) is 15.3 Å². The maximum atomic E-state index is 9.21. The summed E-state index contributed by atoms with van der Waals surface area (Å²) in [5.74, 6) is 0. The number of hydrogen-bond acceptors (Lipinski definition) is 7. The minimum absolute atomic E-state index is 0.592. The predicted octanol–water partition coefficient (Wildman–Crippen LogP) is -3.94. The standard InChI is InChI=1S/C6H13NO6/c7-6(12)4(10)3(9)2(1-8)13-5(6)11/h2-5,8-12H,1,7H2/t2-,3+,4+,5+,6+/m1/s1. The molecule has 5 atom stereocenters. The molecule has 0 radical (unpaired) electrons. The third-order valence-corrected chi connectivity index (χ3v) is 2.06. The summed E-state index contributed by atoms with van der Waals surface area (Å²) < 4.78 is 4.55. The lowest BCUT2D eigenvalue weighted by Crippen LogP contribution is -2.70. The van der Waals surface area contributed by atoms with Crippen LogP contribution in [-0.2, 0) is 4.74 Å². The van der Waals surface area contributed by atoms with Gasteiger partial charge in [-0.15, -0.1) is 0 Å². The summed E-state index contributed by atoms with van der Waals surface area (Å²) in [7, 11) is 0. The van der Waals surface area contributed by atoms with Crippen molar-refractivity contribution in [1.29, 1.82) is 0 Å². The Labute approximate surface area is 74.0 Å². The minimum Gasteiger partial charge on any atom is -0.394 e. The van der Waals surface area contributed by atoms with Crippen molar-refractivity contribution in [2.45, 2.75) is 30.3 Å². The first kappa shape index (κ1) is 10.8. The maximum absolute atomic E-state index is 9.21. The average molecular weight is 195 g/mol. The molecule has 0 aromatic rings. The van der Waals surface area contributed by atoms with Crippen molar-refractivity contribution >= 4 is 0 Å². The van der Waals surface area contributed by atoms with Gasteiger partial charge >= 0.3 is 0 Å². The van der Waals surface area contributed by atoms with E-state index in [2.05, 4.69) is 4.74 Å². The fourth-order valence-corrected chi connectivity index (χ4v) is 1.13. The molecular weight excluding hydrogens is 182 g/mol. The highest BCUT2D eigenvalue weighted by Gasteiger charge is 2.51. The minimum atomic E-state index is -2.43. The lowest BCUT2D eigenvalue weighted by Gasteiger charge is -2.43. The highest BCUT2D eigenvalue weighted by Crippen LogP contribution is 2.24. The van der Waals surface area contributed by atoms with Gasteiger partial charge in [0.05, 0.1) is 6.61 Å². The summed E-state index contributed by atoms with van der Waals surface area (Å²) in [5, 5.41) is 45.3. The van der Waals surface area contributed by atoms with Crippen molar-refractivity contribution in [2.24, 2.45) is 5.73 Å². The van der Waals surface area contributed by atoms with Crippen molar-refractivity contribution in [3.63, 3.8) is 0 Å². The highest BCUT2D eigenvalue weighted by molar-refractivity contribution is 4.95. The van der Waals surface area contributed by atoms with E-state index in [1.54, 1.807) is 0 Å². The third-order valence-electron chi connectivity index (χ3n) is 2.06. The second-order valence-corrected chi connectivity index (χ2v) is 3.03. The van der Waals surface area contributed by atoms with Crippen molar-refractivity contribution in [3.8, 4) is 0 Å². The molecule has 0 bridgehead atoms. The first-order chi connectivity index (χ1) is 5.91. The Balaban J connectivity index is 2.79. The van der Waals surface area contributed by atoms with Gasteiger partial charge in [-0.05, 0) is 0 Å². The second-order valence-electron chi connectivity index (χ2n) is 3.03. The predicted molar refractivity (Wildman–Crippen MR) is 39.1 cm³/mol. The maximum Gasteiger partial charge on any atom is 0.200 e. The molecule has 1 aliphatic heterocycles. The molecule has 7 nitrogen and oxygen atoms in total. The van der Waals surface area contributed by atoms with Crippen LogP contribution in [-0.4, -0.2) is 62.5 Å². The molecular formula is C6H13NO6. The summed E-state index contributed by atoms with van der Waals surface area (Å²) in [4.78, 5) is 0. The van der Waals surface area contributed by atoms with Gasteiger partial charge in [0.15, 0.2) is 5.72 Å². The topological polar surface area (TPSA) is 136 Å². The van der Waals surface area contributed by atoms with E-state index in [0.29, 0.717) is 0 Å². The zero-order chi connectivity index (χ0) is 10.2. The lowest BCUT2D eigenvalue weighted by molar-refractivity contribution is -0.327. The quantitative estimate of drug-likeness (QED) is 0.235. The van der Waals surface area contributed by atoms with Crippen LogP contribution in [0.2, 0.25) is 0 Å². The molecule has 1 aliphatic rings. The van der Waals surface area contributed by atoms with Gasteiger partial charge in [0.2, 0.25) is 6.29 Å². The van der Waals surface area contributed by atoms with E-state index in [0.717, 1.165) is 0 Å². The highest BCUT2D eigenvalue weighted by atomic mass is 16.6. The van der Waals surface area contributed by atoms with Crippen LogP contribution in [0.4, 0.5) is 0 Å². The zero-order valence-corrected chi connectivity index (χ0v) is 6.74. The summed E-state index contributed by atoms with van der Waals surface area (Å²) >= 11 is 0. The number of aliphatic hydroxyl groups excluding tert-OH is 4. The Morgan fingerprint density at radius 2 is 1.85 bits per heavy atom. The van der Waals surface area contributed by atoms with Crippen LogP contribution in [0.3, 0.4) is 0 Å². The number of aliphatic hydroxyl groups is 5. The van der Waals surface area contributed by atoms with Gasteiger partial charge in [-0.1, -0.05) is 0 Å². The Kier molecular flexibility index (Phi) is 2.88. The van der Waals surface area contributed by atoms with E-state index >= 15 is 0 Å². The summed E-state index contributed by atoms with van der Waals surface area (Å²) in [5.41, 5.74) is 2.64. The summed E-state index contributed by atoms with van der Waals surface area (Å²) in [6.45, 7) is -0.592. The van der Waals surface area contributed by atoms with Crippen LogP contribution in [0.25, 0.3) is 0 Å². The van der Waals surface area contributed by atoms with Gasteiger partial charge < -0.3 is 30.3 Å². The van der Waals surface area contributed by atoms with Crippen molar-refractivity contribution in [1.82, 2.24) is 0 Å². The first-order valence-electron chi connectivity index (χ1n) is 3.73. The van der Waals surface area contributed by atoms with E-state index in [-0.39, 0.29) is 0 Å². The van der Waals surface area contributed by atoms with Crippen molar-refractivity contribution in [2.75, 3.05) is 6.61 Å². The van der Waals surface area contributed by atoms with E-state index in [1.165, 1.54) is 0 Å². The number of nitrogens with two attached hydrogens (primary N) is 1. The van der Waals surface area contributed by atoms with E-state index < -0.39 is 36.9 Å². The molecule has 0 aromatic heterocycles. The monoisotopic (exact) mass is 195 g/mol. The van der Waals surface area contributed by atoms with Crippen molar-refractivity contribution in [3.05, 3.63) is 0 Å². The van der Waals surface area contributed by atoms with Gasteiger partial charge in [-0.25, -0.2) is 0 Å². The second kappa shape index (κ2) is 3.46. The van der Waals surface area contributed by atoms with Crippen LogP contribution in [0.15, 0.2) is 0 Å². The third kappa shape index (κ3) is 1.67. The van der Waals surface area contributed by atoms with Gasteiger partial charge in [-0.3, -0.25) is 5.73 Å². The van der Waals surface area contributed by atoms with Crippen LogP contribution >= 0.6 is 0 Å². The Morgan fingerprint density at radius 1 is 1.31 bits per heavy atom.